The Morgan fingerprint density at radius 3 is 2.91 bits per heavy atom. The molecule has 2 amide bonds. The third-order valence-corrected chi connectivity index (χ3v) is 5.15. The topological polar surface area (TPSA) is 118 Å². The molecule has 3 heterocycles. The Kier molecular flexibility index (Phi) is 5.59. The zero-order valence-corrected chi connectivity index (χ0v) is 16.6. The summed E-state index contributed by atoms with van der Waals surface area (Å²) in [5.74, 6) is -0.301. The van der Waals surface area contributed by atoms with Gasteiger partial charge in [-0.05, 0) is 11.6 Å². The van der Waals surface area contributed by atoms with E-state index >= 15 is 0 Å². The molecule has 32 heavy (non-hydrogen) atoms. The van der Waals surface area contributed by atoms with Gasteiger partial charge in [-0.2, -0.15) is 5.10 Å². The Balaban J connectivity index is 0.00000245. The summed E-state index contributed by atoms with van der Waals surface area (Å²) in [6.07, 6.45) is 3.17. The summed E-state index contributed by atoms with van der Waals surface area (Å²) in [7, 11) is 1.65. The van der Waals surface area contributed by atoms with Gasteiger partial charge in [-0.1, -0.05) is 37.8 Å². The summed E-state index contributed by atoms with van der Waals surface area (Å²) in [4.78, 5) is 31.2. The van der Waals surface area contributed by atoms with Crippen molar-refractivity contribution in [1.29, 1.82) is 0 Å². The van der Waals surface area contributed by atoms with Gasteiger partial charge >= 0.3 is 0 Å². The first kappa shape index (κ1) is 21.0. The molecule has 2 aromatic carbocycles. The van der Waals surface area contributed by atoms with Crippen LogP contribution in [0, 0.1) is 0 Å². The number of nitrogens with zero attached hydrogens (tertiary/aromatic N) is 5. The fourth-order valence-electron chi connectivity index (χ4n) is 3.51. The second kappa shape index (κ2) is 8.50. The Labute approximate surface area is 184 Å². The van der Waals surface area contributed by atoms with E-state index in [2.05, 4.69) is 25.6 Å². The highest BCUT2D eigenvalue weighted by Crippen LogP contribution is 2.34. The van der Waals surface area contributed by atoms with E-state index < -0.39 is 11.9 Å². The van der Waals surface area contributed by atoms with E-state index in [0.29, 0.717) is 18.0 Å². The van der Waals surface area contributed by atoms with Crippen molar-refractivity contribution in [3.63, 3.8) is 0 Å². The number of H-pyrrole nitrogens is 1. The SMILES string of the molecule is C.CN1C(=O)[C@@H](NC(=O)c2ncn(Cc3ccccc3)n2)COc2cc3[nH]ncc3cc21. The van der Waals surface area contributed by atoms with Crippen molar-refractivity contribution in [1.82, 2.24) is 30.3 Å². The minimum absolute atomic E-state index is 0. The number of hydrogen-bond donors (Lipinski definition) is 2. The Hall–Kier alpha value is -4.21. The molecule has 0 radical (unpaired) electrons. The zero-order chi connectivity index (χ0) is 21.4. The number of carbonyl (C=O) groups excluding carboxylic acids is 2. The average Bonchev–Trinajstić information content (AvgIpc) is 3.42. The van der Waals surface area contributed by atoms with Gasteiger partial charge < -0.3 is 15.0 Å². The Bertz CT molecular complexity index is 1270. The van der Waals surface area contributed by atoms with Crippen molar-refractivity contribution in [3.8, 4) is 5.75 Å². The number of benzene rings is 2. The largest absolute Gasteiger partial charge is 0.489 e. The van der Waals surface area contributed by atoms with Gasteiger partial charge in [0.15, 0.2) is 0 Å². The summed E-state index contributed by atoms with van der Waals surface area (Å²) in [5.41, 5.74) is 2.45. The number of rotatable bonds is 4. The smallest absolute Gasteiger partial charge is 0.291 e. The quantitative estimate of drug-likeness (QED) is 0.508. The van der Waals surface area contributed by atoms with Crippen LogP contribution in [0.3, 0.4) is 0 Å². The van der Waals surface area contributed by atoms with E-state index in [4.69, 9.17) is 4.74 Å². The summed E-state index contributed by atoms with van der Waals surface area (Å²) < 4.78 is 7.41. The minimum atomic E-state index is -0.873. The van der Waals surface area contributed by atoms with Crippen LogP contribution < -0.4 is 15.0 Å². The number of amides is 2. The van der Waals surface area contributed by atoms with Crippen molar-refractivity contribution in [2.24, 2.45) is 0 Å². The number of ether oxygens (including phenoxy) is 1. The van der Waals surface area contributed by atoms with Gasteiger partial charge in [-0.15, -0.1) is 5.10 Å². The maximum Gasteiger partial charge on any atom is 0.291 e. The summed E-state index contributed by atoms with van der Waals surface area (Å²) in [6, 6.07) is 12.5. The molecular formula is C22H23N7O3. The van der Waals surface area contributed by atoms with Gasteiger partial charge in [0.1, 0.15) is 24.7 Å². The lowest BCUT2D eigenvalue weighted by Crippen LogP contribution is -2.49. The number of nitrogens with one attached hydrogen (secondary N) is 2. The first-order valence-corrected chi connectivity index (χ1v) is 9.70. The van der Waals surface area contributed by atoms with Crippen LogP contribution in [-0.2, 0) is 11.3 Å². The maximum absolute atomic E-state index is 13.0. The third kappa shape index (κ3) is 3.89. The molecule has 0 unspecified atom stereocenters. The van der Waals surface area contributed by atoms with Gasteiger partial charge in [0, 0.05) is 18.5 Å². The Morgan fingerprint density at radius 1 is 1.28 bits per heavy atom. The van der Waals surface area contributed by atoms with Gasteiger partial charge in [0.2, 0.25) is 5.82 Å². The molecule has 2 N–H and O–H groups in total. The molecule has 1 aliphatic heterocycles. The van der Waals surface area contributed by atoms with E-state index in [1.807, 2.05) is 36.4 Å². The number of carbonyl (C=O) groups is 2. The molecule has 0 fully saturated rings. The van der Waals surface area contributed by atoms with Crippen molar-refractivity contribution < 1.29 is 14.3 Å². The van der Waals surface area contributed by atoms with Crippen LogP contribution in [0.1, 0.15) is 23.6 Å². The Morgan fingerprint density at radius 2 is 2.09 bits per heavy atom. The van der Waals surface area contributed by atoms with Crippen LogP contribution in [0.4, 0.5) is 5.69 Å². The van der Waals surface area contributed by atoms with Crippen LogP contribution >= 0.6 is 0 Å². The van der Waals surface area contributed by atoms with Crippen molar-refractivity contribution >= 4 is 28.4 Å². The number of hydrogen-bond acceptors (Lipinski definition) is 6. The molecule has 164 valence electrons. The molecule has 0 saturated heterocycles. The fraction of sp³-hybridized carbons (Fsp3) is 0.227. The lowest BCUT2D eigenvalue weighted by molar-refractivity contribution is -0.120. The van der Waals surface area contributed by atoms with Crippen LogP contribution in [0.25, 0.3) is 10.9 Å². The molecule has 0 spiro atoms. The van der Waals surface area contributed by atoms with E-state index in [-0.39, 0.29) is 25.8 Å². The van der Waals surface area contributed by atoms with Crippen LogP contribution in [0.15, 0.2) is 55.0 Å². The first-order chi connectivity index (χ1) is 15.1. The van der Waals surface area contributed by atoms with Crippen molar-refractivity contribution in [2.45, 2.75) is 20.0 Å². The molecule has 10 heteroatoms. The van der Waals surface area contributed by atoms with Crippen molar-refractivity contribution in [2.75, 3.05) is 18.6 Å². The monoisotopic (exact) mass is 433 g/mol. The fourth-order valence-corrected chi connectivity index (χ4v) is 3.51. The lowest BCUT2D eigenvalue weighted by Gasteiger charge is -2.20. The van der Waals surface area contributed by atoms with E-state index in [1.165, 1.54) is 11.2 Å². The summed E-state index contributed by atoms with van der Waals surface area (Å²) >= 11 is 0. The standard InChI is InChI=1S/C21H19N7O3.CH4/c1-27-17-7-14-9-23-25-15(14)8-18(17)31-11-16(21(27)30)24-20(29)19-22-12-28(26-19)10-13-5-3-2-4-6-13;/h2-9,12,16H,10-11H2,1H3,(H,23,25)(H,24,29);1H4/t16-;/m0./s1. The molecule has 1 atom stereocenters. The molecule has 1 aliphatic rings. The van der Waals surface area contributed by atoms with Crippen LogP contribution in [0.2, 0.25) is 0 Å². The van der Waals surface area contributed by atoms with Gasteiger partial charge in [0.05, 0.1) is 23.9 Å². The predicted octanol–water partition coefficient (Wildman–Crippen LogP) is 1.99. The number of anilines is 1. The lowest BCUT2D eigenvalue weighted by atomic mass is 10.2. The molecule has 0 aliphatic carbocycles. The average molecular weight is 433 g/mol. The van der Waals surface area contributed by atoms with Crippen LogP contribution in [-0.4, -0.2) is 56.5 Å². The summed E-state index contributed by atoms with van der Waals surface area (Å²) in [6.45, 7) is 0.485. The highest BCUT2D eigenvalue weighted by molar-refractivity contribution is 6.03. The normalized spacial score (nSPS) is 15.5. The number of aromatic nitrogens is 5. The molecular weight excluding hydrogens is 410 g/mol. The number of fused-ring (bicyclic) bond motifs is 2. The van der Waals surface area contributed by atoms with E-state index in [1.54, 1.807) is 24.0 Å². The first-order valence-electron chi connectivity index (χ1n) is 9.70. The molecule has 5 rings (SSSR count). The minimum Gasteiger partial charge on any atom is -0.489 e. The predicted molar refractivity (Wildman–Crippen MR) is 119 cm³/mol. The zero-order valence-electron chi connectivity index (χ0n) is 16.6. The number of likely N-dealkylation sites (N-methyl/N-ethyl adjacent to an activating group) is 1. The third-order valence-electron chi connectivity index (χ3n) is 5.15. The maximum atomic E-state index is 13.0. The molecule has 0 saturated carbocycles. The number of aromatic amines is 1. The molecule has 2 aromatic heterocycles. The van der Waals surface area contributed by atoms with Crippen molar-refractivity contribution in [3.05, 3.63) is 66.4 Å². The van der Waals surface area contributed by atoms with Gasteiger partial charge in [0.25, 0.3) is 11.8 Å². The highest BCUT2D eigenvalue weighted by atomic mass is 16.5. The molecule has 4 aromatic rings. The molecule has 0 bridgehead atoms. The highest BCUT2D eigenvalue weighted by Gasteiger charge is 2.32. The van der Waals surface area contributed by atoms with Crippen LogP contribution in [0.5, 0.6) is 5.75 Å². The van der Waals surface area contributed by atoms with E-state index in [9.17, 15) is 9.59 Å². The second-order valence-corrected chi connectivity index (χ2v) is 7.26. The molecule has 10 nitrogen and oxygen atoms in total. The second-order valence-electron chi connectivity index (χ2n) is 7.26. The van der Waals surface area contributed by atoms with Gasteiger partial charge in [-0.25, -0.2) is 9.67 Å². The van der Waals surface area contributed by atoms with Gasteiger partial charge in [-0.3, -0.25) is 14.7 Å². The van der Waals surface area contributed by atoms with E-state index in [0.717, 1.165) is 16.5 Å². The summed E-state index contributed by atoms with van der Waals surface area (Å²) in [5, 5.41) is 14.7.